The van der Waals surface area contributed by atoms with E-state index in [-0.39, 0.29) is 57.5 Å². The Bertz CT molecular complexity index is 2390. The van der Waals surface area contributed by atoms with Gasteiger partial charge in [0.15, 0.2) is 28.7 Å². The van der Waals surface area contributed by atoms with Crippen molar-refractivity contribution >= 4 is 41.3 Å². The van der Waals surface area contributed by atoms with Crippen LogP contribution in [-0.2, 0) is 18.5 Å². The Labute approximate surface area is 368 Å². The Morgan fingerprint density at radius 3 is 1.19 bits per heavy atom. The van der Waals surface area contributed by atoms with Crippen molar-refractivity contribution in [1.29, 1.82) is 0 Å². The highest BCUT2D eigenvalue weighted by molar-refractivity contribution is 9.08. The lowest BCUT2D eigenvalue weighted by atomic mass is 10.2. The van der Waals surface area contributed by atoms with Gasteiger partial charge < -0.3 is 29.2 Å². The van der Waals surface area contributed by atoms with Crippen LogP contribution in [0.2, 0.25) is 18.1 Å². The molecule has 0 fully saturated rings. The Kier molecular flexibility index (Phi) is 18.9. The molecule has 6 rings (SSSR count). The smallest absolute Gasteiger partial charge is 0.276 e. The lowest BCUT2D eigenvalue weighted by Crippen LogP contribution is -2.43. The van der Waals surface area contributed by atoms with Crippen LogP contribution in [0.15, 0.2) is 146 Å². The molecule has 0 aliphatic heterocycles. The SMILES string of the molecule is CC(C)(C)[Si](C)(C)Oc1ccccc1OCc1ccccc1[N+](=O)[O-].O=[N+]([O-])c1ccccc1CBr.O=[N+]([O-])c1ccccc1COc1ccccc1O.Oc1ccccc1O. The van der Waals surface area contributed by atoms with E-state index in [9.17, 15) is 35.4 Å². The summed E-state index contributed by atoms with van der Waals surface area (Å²) in [6.45, 7) is 11.0. The molecule has 0 aliphatic carbocycles. The lowest BCUT2D eigenvalue weighted by molar-refractivity contribution is -0.386. The van der Waals surface area contributed by atoms with Gasteiger partial charge in [-0.25, -0.2) is 0 Å². The maximum atomic E-state index is 11.1. The highest BCUT2D eigenvalue weighted by Gasteiger charge is 2.39. The van der Waals surface area contributed by atoms with E-state index in [2.05, 4.69) is 49.8 Å². The second kappa shape index (κ2) is 23.7. The second-order valence-electron chi connectivity index (χ2n) is 14.6. The van der Waals surface area contributed by atoms with Crippen molar-refractivity contribution in [2.24, 2.45) is 0 Å². The summed E-state index contributed by atoms with van der Waals surface area (Å²) in [6, 6.07) is 39.7. The molecule has 0 unspecified atom stereocenters. The molecule has 0 saturated carbocycles. The Morgan fingerprint density at radius 1 is 0.500 bits per heavy atom. The maximum absolute atomic E-state index is 11.1. The number of aromatic hydroxyl groups is 3. The molecule has 0 saturated heterocycles. The normalized spacial score (nSPS) is 10.5. The minimum absolute atomic E-state index is 0.00733. The van der Waals surface area contributed by atoms with Gasteiger partial charge >= 0.3 is 0 Å². The highest BCUT2D eigenvalue weighted by Crippen LogP contribution is 2.40. The Hall–Kier alpha value is -6.98. The molecule has 15 nitrogen and oxygen atoms in total. The van der Waals surface area contributed by atoms with Crippen LogP contribution in [0.4, 0.5) is 17.1 Å². The Morgan fingerprint density at radius 2 is 0.823 bits per heavy atom. The molecule has 0 radical (unpaired) electrons. The Balaban J connectivity index is 0.000000240. The van der Waals surface area contributed by atoms with Gasteiger partial charge in [0, 0.05) is 29.1 Å². The summed E-state index contributed by atoms with van der Waals surface area (Å²) in [4.78, 5) is 31.1. The monoisotopic (exact) mass is 929 g/mol. The molecule has 17 heteroatoms. The number of nitro groups is 3. The number of rotatable bonds is 12. The summed E-state index contributed by atoms with van der Waals surface area (Å²) < 4.78 is 17.6. The van der Waals surface area contributed by atoms with Gasteiger partial charge in [-0.05, 0) is 66.7 Å². The fourth-order valence-electron chi connectivity index (χ4n) is 4.86. The van der Waals surface area contributed by atoms with Gasteiger partial charge in [-0.15, -0.1) is 0 Å². The van der Waals surface area contributed by atoms with Crippen LogP contribution < -0.4 is 13.9 Å². The summed E-state index contributed by atoms with van der Waals surface area (Å²) in [5, 5.41) is 59.7. The number of alkyl halides is 1. The molecule has 6 aromatic carbocycles. The van der Waals surface area contributed by atoms with Crippen molar-refractivity contribution in [3.63, 3.8) is 0 Å². The number of ether oxygens (including phenoxy) is 2. The number of nitrogens with zero attached hydrogens (tertiary/aromatic N) is 3. The highest BCUT2D eigenvalue weighted by atomic mass is 79.9. The molecule has 0 aliphatic rings. The molecule has 3 N–H and O–H groups in total. The number of phenolic OH excluding ortho intramolecular Hbond substituents is 3. The fraction of sp³-hybridized carbons (Fsp3) is 0.200. The average Bonchev–Trinajstić information content (AvgIpc) is 3.24. The van der Waals surface area contributed by atoms with E-state index in [1.54, 1.807) is 84.9 Å². The molecule has 326 valence electrons. The van der Waals surface area contributed by atoms with Gasteiger partial charge in [-0.3, -0.25) is 30.3 Å². The molecule has 0 atom stereocenters. The van der Waals surface area contributed by atoms with Crippen molar-refractivity contribution < 1.29 is 44.0 Å². The van der Waals surface area contributed by atoms with E-state index in [1.165, 1.54) is 36.4 Å². The van der Waals surface area contributed by atoms with Gasteiger partial charge in [-0.2, -0.15) is 0 Å². The van der Waals surface area contributed by atoms with Crippen molar-refractivity contribution in [2.75, 3.05) is 0 Å². The van der Waals surface area contributed by atoms with E-state index < -0.39 is 18.2 Å². The third kappa shape index (κ3) is 15.2. The summed E-state index contributed by atoms with van der Waals surface area (Å²) >= 11 is 3.17. The molecule has 0 bridgehead atoms. The zero-order chi connectivity index (χ0) is 45.9. The van der Waals surface area contributed by atoms with Crippen LogP contribution in [0.25, 0.3) is 0 Å². The number of hydrogen-bond acceptors (Lipinski definition) is 12. The molecule has 0 heterocycles. The number of nitro benzene ring substituents is 3. The third-order valence-corrected chi connectivity index (χ3v) is 14.2. The number of para-hydroxylation sites is 9. The number of hydrogen-bond donors (Lipinski definition) is 3. The van der Waals surface area contributed by atoms with Crippen molar-refractivity contribution in [1.82, 2.24) is 0 Å². The summed E-state index contributed by atoms with van der Waals surface area (Å²) in [7, 11) is -2.00. The molecule has 0 spiro atoms. The van der Waals surface area contributed by atoms with Gasteiger partial charge in [0.05, 0.1) is 25.9 Å². The van der Waals surface area contributed by atoms with Crippen molar-refractivity contribution in [3.8, 4) is 34.5 Å². The van der Waals surface area contributed by atoms with E-state index in [0.717, 1.165) is 0 Å². The van der Waals surface area contributed by atoms with Crippen LogP contribution in [0.3, 0.4) is 0 Å². The maximum Gasteiger partial charge on any atom is 0.276 e. The average molecular weight is 931 g/mol. The largest absolute Gasteiger partial charge is 0.541 e. The predicted octanol–water partition coefficient (Wildman–Crippen LogP) is 12.0. The van der Waals surface area contributed by atoms with Crippen LogP contribution >= 0.6 is 15.9 Å². The lowest BCUT2D eigenvalue weighted by Gasteiger charge is -2.36. The van der Waals surface area contributed by atoms with Crippen molar-refractivity contribution in [2.45, 2.75) is 57.4 Å². The molecular weight excluding hydrogens is 882 g/mol. The number of halogens is 1. The van der Waals surface area contributed by atoms with E-state index in [1.807, 2.05) is 24.3 Å². The van der Waals surface area contributed by atoms with Crippen LogP contribution in [0.5, 0.6) is 34.5 Å². The summed E-state index contributed by atoms with van der Waals surface area (Å²) in [5.41, 5.74) is 1.94. The van der Waals surface area contributed by atoms with E-state index in [4.69, 9.17) is 24.1 Å². The van der Waals surface area contributed by atoms with Crippen LogP contribution in [0.1, 0.15) is 37.5 Å². The minimum atomic E-state index is -2.00. The third-order valence-electron chi connectivity index (χ3n) is 9.24. The first-order chi connectivity index (χ1) is 29.4. The topological polar surface area (TPSA) is 218 Å². The van der Waals surface area contributed by atoms with E-state index >= 15 is 0 Å². The van der Waals surface area contributed by atoms with E-state index in [0.29, 0.717) is 39.3 Å². The van der Waals surface area contributed by atoms with Crippen molar-refractivity contribution in [3.05, 3.63) is 193 Å². The first kappa shape index (κ1) is 49.4. The van der Waals surface area contributed by atoms with Gasteiger partial charge in [-0.1, -0.05) is 116 Å². The molecule has 6 aromatic rings. The molecular formula is C45H48BrN3O12Si. The van der Waals surface area contributed by atoms with Gasteiger partial charge in [0.25, 0.3) is 25.4 Å². The molecule has 62 heavy (non-hydrogen) atoms. The zero-order valence-electron chi connectivity index (χ0n) is 34.7. The summed E-state index contributed by atoms with van der Waals surface area (Å²) in [6.07, 6.45) is 0. The first-order valence-electron chi connectivity index (χ1n) is 18.9. The van der Waals surface area contributed by atoms with Crippen LogP contribution in [0, 0.1) is 30.3 Å². The second-order valence-corrected chi connectivity index (χ2v) is 19.9. The predicted molar refractivity (Wildman–Crippen MR) is 243 cm³/mol. The number of phenols is 3. The molecule has 0 aromatic heterocycles. The van der Waals surface area contributed by atoms with Crippen LogP contribution in [-0.4, -0.2) is 38.4 Å². The summed E-state index contributed by atoms with van der Waals surface area (Å²) in [5.74, 6) is 1.45. The standard InChI is InChI=1S/C19H25NO4Si.C13H11NO4.C7H6BrNO2.C6H6O2/c1-19(2,3)25(4,5)24-18-13-9-8-12-17(18)23-14-15-10-6-7-11-16(15)20(21)22;15-12-7-3-4-8-13(12)18-9-10-5-1-2-6-11(10)14(16)17;8-5-6-3-1-2-4-7(6)9(10)11;7-5-3-1-2-4-6(5)8/h6-13H,14H2,1-5H3;1-8,15H,9H2;1-4H,5H2;1-4,7-8H. The molecule has 0 amide bonds. The van der Waals surface area contributed by atoms with Gasteiger partial charge in [0.2, 0.25) is 0 Å². The number of benzene rings is 6. The zero-order valence-corrected chi connectivity index (χ0v) is 37.3. The minimum Gasteiger partial charge on any atom is -0.541 e. The first-order valence-corrected chi connectivity index (χ1v) is 22.9. The van der Waals surface area contributed by atoms with Gasteiger partial charge in [0.1, 0.15) is 19.0 Å². The quantitative estimate of drug-likeness (QED) is 0.0343. The fourth-order valence-corrected chi connectivity index (χ4v) is 6.36.